The summed E-state index contributed by atoms with van der Waals surface area (Å²) in [6.07, 6.45) is 7.28. The van der Waals surface area contributed by atoms with E-state index in [0.29, 0.717) is 18.2 Å². The Labute approximate surface area is 192 Å². The van der Waals surface area contributed by atoms with Gasteiger partial charge in [-0.3, -0.25) is 4.79 Å². The molecule has 32 heavy (non-hydrogen) atoms. The summed E-state index contributed by atoms with van der Waals surface area (Å²) in [7, 11) is 1.92. The zero-order chi connectivity index (χ0) is 21.9. The highest BCUT2D eigenvalue weighted by atomic mass is 32.2. The number of hydrogen-bond donors (Lipinski definition) is 1. The smallest absolute Gasteiger partial charge is 0.233 e. The second kappa shape index (κ2) is 7.68. The lowest BCUT2D eigenvalue weighted by Crippen LogP contribution is -2.60. The van der Waals surface area contributed by atoms with Crippen molar-refractivity contribution in [2.24, 2.45) is 24.8 Å². The van der Waals surface area contributed by atoms with E-state index in [1.807, 2.05) is 42.8 Å². The molecule has 170 valence electrons. The number of hydrogen-bond acceptors (Lipinski definition) is 6. The number of carbonyl (C=O) groups excluding carboxylic acids is 1. The molecule has 4 fully saturated rings. The number of benzene rings is 1. The van der Waals surface area contributed by atoms with Gasteiger partial charge in [-0.05, 0) is 75.3 Å². The van der Waals surface area contributed by atoms with Crippen molar-refractivity contribution in [2.75, 3.05) is 6.61 Å². The lowest BCUT2D eigenvalue weighted by atomic mass is 9.53. The van der Waals surface area contributed by atoms with E-state index in [0.717, 1.165) is 47.9 Å². The summed E-state index contributed by atoms with van der Waals surface area (Å²) in [6.45, 7) is 2.35. The van der Waals surface area contributed by atoms with Crippen LogP contribution in [0, 0.1) is 17.8 Å². The normalized spacial score (nSPS) is 33.2. The highest BCUT2D eigenvalue weighted by Gasteiger charge is 2.51. The molecule has 1 amide bonds. The zero-order valence-corrected chi connectivity index (χ0v) is 19.4. The molecule has 8 heteroatoms. The third kappa shape index (κ3) is 3.56. The molecule has 7 rings (SSSR count). The van der Waals surface area contributed by atoms with E-state index in [-0.39, 0.29) is 22.8 Å². The van der Waals surface area contributed by atoms with Crippen LogP contribution in [0.2, 0.25) is 0 Å². The molecular weight excluding hydrogens is 424 g/mol. The van der Waals surface area contributed by atoms with Crippen LogP contribution in [0.15, 0.2) is 29.4 Å². The van der Waals surface area contributed by atoms with Crippen LogP contribution in [-0.2, 0) is 11.8 Å². The Morgan fingerprint density at radius 2 is 1.78 bits per heavy atom. The second-order valence-corrected chi connectivity index (χ2v) is 11.5. The molecule has 7 nitrogen and oxygen atoms in total. The SMILES string of the molecule is CC(Sc1nnc(C2COc3ccccc3O2)n1C)C(=O)NC12CC3CC(CC(C3)C1)C2. The average Bonchev–Trinajstić information content (AvgIpc) is 3.12. The van der Waals surface area contributed by atoms with Gasteiger partial charge in [0.15, 0.2) is 28.6 Å². The minimum atomic E-state index is -0.326. The van der Waals surface area contributed by atoms with Gasteiger partial charge in [0.05, 0.1) is 5.25 Å². The first-order valence-corrected chi connectivity index (χ1v) is 12.6. The first-order chi connectivity index (χ1) is 15.5. The van der Waals surface area contributed by atoms with Crippen molar-refractivity contribution >= 4 is 17.7 Å². The van der Waals surface area contributed by atoms with E-state index in [4.69, 9.17) is 9.47 Å². The maximum atomic E-state index is 13.2. The van der Waals surface area contributed by atoms with Crippen LogP contribution in [0.1, 0.15) is 57.4 Å². The largest absolute Gasteiger partial charge is 0.485 e. The van der Waals surface area contributed by atoms with Gasteiger partial charge < -0.3 is 19.4 Å². The highest BCUT2D eigenvalue weighted by Crippen LogP contribution is 2.55. The molecular formula is C24H30N4O3S. The predicted octanol–water partition coefficient (Wildman–Crippen LogP) is 3.89. The number of ether oxygens (including phenoxy) is 2. The molecule has 2 heterocycles. The van der Waals surface area contributed by atoms with Gasteiger partial charge in [-0.15, -0.1) is 10.2 Å². The monoisotopic (exact) mass is 454 g/mol. The van der Waals surface area contributed by atoms with Crippen molar-refractivity contribution in [2.45, 2.75) is 67.5 Å². The molecule has 2 atom stereocenters. The number of aromatic nitrogens is 3. The molecule has 4 bridgehead atoms. The maximum absolute atomic E-state index is 13.2. The minimum Gasteiger partial charge on any atom is -0.485 e. The number of nitrogens with zero attached hydrogens (tertiary/aromatic N) is 3. The molecule has 0 saturated heterocycles. The Bertz CT molecular complexity index is 1000. The lowest BCUT2D eigenvalue weighted by molar-refractivity contribution is -0.126. The van der Waals surface area contributed by atoms with Crippen molar-refractivity contribution in [3.63, 3.8) is 0 Å². The molecule has 1 aliphatic heterocycles. The van der Waals surface area contributed by atoms with Gasteiger partial charge in [-0.2, -0.15) is 0 Å². The third-order valence-electron chi connectivity index (χ3n) is 7.74. The van der Waals surface area contributed by atoms with Gasteiger partial charge in [-0.1, -0.05) is 23.9 Å². The number of fused-ring (bicyclic) bond motifs is 1. The minimum absolute atomic E-state index is 0.0341. The molecule has 1 aromatic heterocycles. The number of rotatable bonds is 5. The van der Waals surface area contributed by atoms with Crippen molar-refractivity contribution in [3.05, 3.63) is 30.1 Å². The van der Waals surface area contributed by atoms with E-state index < -0.39 is 0 Å². The molecule has 4 aliphatic carbocycles. The first kappa shape index (κ1) is 20.4. The summed E-state index contributed by atoms with van der Waals surface area (Å²) in [4.78, 5) is 13.2. The fraction of sp³-hybridized carbons (Fsp3) is 0.625. The third-order valence-corrected chi connectivity index (χ3v) is 8.88. The average molecular weight is 455 g/mol. The van der Waals surface area contributed by atoms with Gasteiger partial charge in [0.1, 0.15) is 6.61 Å². The number of nitrogens with one attached hydrogen (secondary N) is 1. The van der Waals surface area contributed by atoms with Crippen LogP contribution in [-0.4, -0.2) is 38.1 Å². The summed E-state index contributed by atoms with van der Waals surface area (Å²) in [6, 6.07) is 7.64. The maximum Gasteiger partial charge on any atom is 0.233 e. The Kier molecular flexibility index (Phi) is 4.89. The molecule has 2 aromatic rings. The van der Waals surface area contributed by atoms with Crippen LogP contribution in [0.25, 0.3) is 0 Å². The standard InChI is InChI=1S/C24H30N4O3S/c1-14(22(29)25-24-10-15-7-16(11-24)9-17(8-15)12-24)32-23-27-26-21(28(23)2)20-13-30-18-5-3-4-6-19(18)31-20/h3-6,14-17,20H,7-13H2,1-2H3,(H,25,29). The topological polar surface area (TPSA) is 78.3 Å². The molecule has 2 unspecified atom stereocenters. The van der Waals surface area contributed by atoms with Crippen LogP contribution in [0.4, 0.5) is 0 Å². The lowest BCUT2D eigenvalue weighted by Gasteiger charge is -2.57. The van der Waals surface area contributed by atoms with Crippen molar-refractivity contribution < 1.29 is 14.3 Å². The molecule has 0 radical (unpaired) electrons. The highest BCUT2D eigenvalue weighted by molar-refractivity contribution is 8.00. The van der Waals surface area contributed by atoms with Crippen LogP contribution in [0.5, 0.6) is 11.5 Å². The van der Waals surface area contributed by atoms with Crippen molar-refractivity contribution in [1.82, 2.24) is 20.1 Å². The molecule has 5 aliphatic rings. The van der Waals surface area contributed by atoms with Crippen LogP contribution in [0.3, 0.4) is 0 Å². The van der Waals surface area contributed by atoms with E-state index in [2.05, 4.69) is 15.5 Å². The van der Waals surface area contributed by atoms with Gasteiger partial charge >= 0.3 is 0 Å². The van der Waals surface area contributed by atoms with E-state index in [9.17, 15) is 4.79 Å². The Hall–Kier alpha value is -2.22. The van der Waals surface area contributed by atoms with Crippen molar-refractivity contribution in [3.8, 4) is 11.5 Å². The van der Waals surface area contributed by atoms with Gasteiger partial charge in [-0.25, -0.2) is 0 Å². The van der Waals surface area contributed by atoms with Gasteiger partial charge in [0.25, 0.3) is 0 Å². The van der Waals surface area contributed by atoms with Gasteiger partial charge in [0.2, 0.25) is 5.91 Å². The van der Waals surface area contributed by atoms with Crippen LogP contribution >= 0.6 is 11.8 Å². The first-order valence-electron chi connectivity index (χ1n) is 11.7. The summed E-state index contributed by atoms with van der Waals surface area (Å²) in [5.41, 5.74) is 0.0341. The Morgan fingerprint density at radius 1 is 1.12 bits per heavy atom. The number of thioether (sulfide) groups is 1. The summed E-state index contributed by atoms with van der Waals surface area (Å²) in [5, 5.41) is 12.7. The fourth-order valence-corrected chi connectivity index (χ4v) is 7.52. The Balaban J connectivity index is 1.12. The molecule has 4 saturated carbocycles. The summed E-state index contributed by atoms with van der Waals surface area (Å²) in [5.74, 6) is 4.72. The Morgan fingerprint density at radius 3 is 2.47 bits per heavy atom. The van der Waals surface area contributed by atoms with E-state index in [1.54, 1.807) is 0 Å². The zero-order valence-electron chi connectivity index (χ0n) is 18.6. The van der Waals surface area contributed by atoms with Crippen LogP contribution < -0.4 is 14.8 Å². The predicted molar refractivity (Wildman–Crippen MR) is 121 cm³/mol. The number of carbonyl (C=O) groups is 1. The van der Waals surface area contributed by atoms with E-state index >= 15 is 0 Å². The summed E-state index contributed by atoms with van der Waals surface area (Å²) < 4.78 is 13.8. The fourth-order valence-electron chi connectivity index (χ4n) is 6.69. The van der Waals surface area contributed by atoms with E-state index in [1.165, 1.54) is 31.0 Å². The van der Waals surface area contributed by atoms with Gasteiger partial charge in [0, 0.05) is 12.6 Å². The number of amides is 1. The number of para-hydroxylation sites is 2. The molecule has 1 aromatic carbocycles. The summed E-state index contributed by atoms with van der Waals surface area (Å²) >= 11 is 1.46. The quantitative estimate of drug-likeness (QED) is 0.691. The molecule has 1 N–H and O–H groups in total. The van der Waals surface area contributed by atoms with Crippen molar-refractivity contribution in [1.29, 1.82) is 0 Å². The molecule has 0 spiro atoms. The second-order valence-electron chi connectivity index (χ2n) is 10.2.